The molecule has 0 aliphatic carbocycles. The molecule has 0 radical (unpaired) electrons. The second-order valence-corrected chi connectivity index (χ2v) is 6.62. The van der Waals surface area contributed by atoms with Gasteiger partial charge in [0.1, 0.15) is 0 Å². The molecule has 0 aliphatic rings. The third-order valence-corrected chi connectivity index (χ3v) is 3.89. The fourth-order valence-electron chi connectivity index (χ4n) is 2.15. The molecular weight excluding hydrogens is 465 g/mol. The van der Waals surface area contributed by atoms with Gasteiger partial charge in [-0.15, -0.1) is 0 Å². The van der Waals surface area contributed by atoms with E-state index in [-0.39, 0.29) is 36.6 Å². The quantitative estimate of drug-likeness (QED) is 0.153. The summed E-state index contributed by atoms with van der Waals surface area (Å²) in [7, 11) is 0. The summed E-state index contributed by atoms with van der Waals surface area (Å²) < 4.78 is 0. The predicted molar refractivity (Wildman–Crippen MR) is 112 cm³/mol. The van der Waals surface area contributed by atoms with E-state index in [1.165, 1.54) is 37.6 Å². The summed E-state index contributed by atoms with van der Waals surface area (Å²) in [6.07, 6.45) is 9.67. The van der Waals surface area contributed by atoms with E-state index in [0.717, 1.165) is 0 Å². The van der Waals surface area contributed by atoms with Gasteiger partial charge in [-0.2, -0.15) is 0 Å². The number of carboxylic acid groups (broad SMARTS) is 3. The first-order valence-electron chi connectivity index (χ1n) is 9.41. The molecule has 0 spiro atoms. The Morgan fingerprint density at radius 3 is 1.03 bits per heavy atom. The number of aliphatic carboxylic acids is 3. The van der Waals surface area contributed by atoms with E-state index in [1.54, 1.807) is 0 Å². The normalized spacial score (nSPS) is 12.4. The van der Waals surface area contributed by atoms with Crippen LogP contribution >= 0.6 is 0 Å². The molecule has 0 saturated carbocycles. The smallest absolute Gasteiger partial charge is 0.548 e. The third kappa shape index (κ3) is 12.5. The van der Waals surface area contributed by atoms with E-state index >= 15 is 0 Å². The molecule has 0 saturated heterocycles. The van der Waals surface area contributed by atoms with E-state index in [4.69, 9.17) is 17.2 Å². The number of aromatic amines is 3. The minimum atomic E-state index is -1.25. The number of H-pyrrole nitrogens is 3. The summed E-state index contributed by atoms with van der Waals surface area (Å²) in [6, 6.07) is -2.89. The SMILES string of the molecule is N[C@@H](Cc1cnc[nH]1)C(=O)[O-].N[C@@H](Cc1cnc[nH]1)C(=O)[O-].N[C@@H](Cc1cnc[nH]1)C(=O)[O-].[Al+3]. The Labute approximate surface area is 204 Å². The topological polar surface area (TPSA) is 284 Å². The molecule has 0 aromatic carbocycles. The van der Waals surface area contributed by atoms with Gasteiger partial charge >= 0.3 is 17.4 Å². The first-order valence-corrected chi connectivity index (χ1v) is 9.41. The molecule has 3 aromatic heterocycles. The largest absolute Gasteiger partial charge is 3.00 e. The van der Waals surface area contributed by atoms with Crippen LogP contribution in [0.4, 0.5) is 0 Å². The van der Waals surface area contributed by atoms with Crippen LogP contribution in [-0.2, 0) is 33.6 Å². The first kappa shape index (κ1) is 30.5. The summed E-state index contributed by atoms with van der Waals surface area (Å²) in [6.45, 7) is 0. The maximum atomic E-state index is 10.2. The molecule has 3 rings (SSSR count). The summed E-state index contributed by atoms with van der Waals surface area (Å²) in [5.41, 5.74) is 17.7. The van der Waals surface area contributed by atoms with E-state index in [9.17, 15) is 29.7 Å². The zero-order valence-corrected chi connectivity index (χ0v) is 19.1. The molecule has 3 aromatic rings. The fraction of sp³-hybridized carbons (Fsp3) is 0.333. The number of carboxylic acids is 3. The number of carbonyl (C=O) groups is 3. The van der Waals surface area contributed by atoms with Gasteiger partial charge in [0.2, 0.25) is 0 Å². The number of nitrogens with one attached hydrogen (secondary N) is 3. The Hall–Kier alpha value is -3.55. The Morgan fingerprint density at radius 2 is 0.882 bits per heavy atom. The number of rotatable bonds is 9. The Morgan fingerprint density at radius 1 is 0.647 bits per heavy atom. The average Bonchev–Trinajstić information content (AvgIpc) is 3.53. The van der Waals surface area contributed by atoms with Crippen LogP contribution in [0.25, 0.3) is 0 Å². The van der Waals surface area contributed by atoms with Gasteiger partial charge in [0.15, 0.2) is 0 Å². The number of nitrogens with two attached hydrogens (primary N) is 3. The van der Waals surface area contributed by atoms with Gasteiger partial charge < -0.3 is 61.9 Å². The zero-order chi connectivity index (χ0) is 24.8. The van der Waals surface area contributed by atoms with E-state index in [0.29, 0.717) is 17.1 Å². The van der Waals surface area contributed by atoms with E-state index < -0.39 is 36.0 Å². The van der Waals surface area contributed by atoms with Crippen LogP contribution in [0.1, 0.15) is 17.1 Å². The Bertz CT molecular complexity index is 827. The van der Waals surface area contributed by atoms with Crippen LogP contribution in [0.2, 0.25) is 0 Å². The maximum Gasteiger partial charge on any atom is 3.00 e. The number of hydrogen-bond acceptors (Lipinski definition) is 12. The zero-order valence-electron chi connectivity index (χ0n) is 17.9. The molecular formula is C18H24AlN9O6. The Balaban J connectivity index is 0.000000473. The molecule has 3 heterocycles. The summed E-state index contributed by atoms with van der Waals surface area (Å²) >= 11 is 0. The summed E-state index contributed by atoms with van der Waals surface area (Å²) in [4.78, 5) is 49.8. The molecule has 0 unspecified atom stereocenters. The summed E-state index contributed by atoms with van der Waals surface area (Å²) in [5, 5.41) is 30.5. The van der Waals surface area contributed by atoms with Crippen molar-refractivity contribution in [2.75, 3.05) is 0 Å². The second-order valence-electron chi connectivity index (χ2n) is 6.62. The van der Waals surface area contributed by atoms with Crippen molar-refractivity contribution >= 4 is 35.3 Å². The van der Waals surface area contributed by atoms with Gasteiger partial charge in [0.25, 0.3) is 0 Å². The van der Waals surface area contributed by atoms with E-state index in [2.05, 4.69) is 29.9 Å². The molecule has 16 heteroatoms. The van der Waals surface area contributed by atoms with Crippen molar-refractivity contribution in [3.63, 3.8) is 0 Å². The number of nitrogens with zero attached hydrogens (tertiary/aromatic N) is 3. The minimum absolute atomic E-state index is 0. The fourth-order valence-corrected chi connectivity index (χ4v) is 2.15. The van der Waals surface area contributed by atoms with Crippen molar-refractivity contribution in [2.24, 2.45) is 17.2 Å². The second kappa shape index (κ2) is 16.1. The molecule has 0 fully saturated rings. The van der Waals surface area contributed by atoms with Crippen LogP contribution in [-0.4, -0.2) is 83.3 Å². The van der Waals surface area contributed by atoms with Gasteiger partial charge in [0.05, 0.1) is 36.9 Å². The minimum Gasteiger partial charge on any atom is -0.548 e. The van der Waals surface area contributed by atoms with Crippen molar-refractivity contribution < 1.29 is 29.7 Å². The molecule has 9 N–H and O–H groups in total. The predicted octanol–water partition coefficient (Wildman–Crippen LogP) is -6.29. The van der Waals surface area contributed by atoms with Crippen molar-refractivity contribution in [2.45, 2.75) is 37.4 Å². The monoisotopic (exact) mass is 489 g/mol. The van der Waals surface area contributed by atoms with Gasteiger partial charge in [-0.3, -0.25) is 0 Å². The third-order valence-electron chi connectivity index (χ3n) is 3.89. The van der Waals surface area contributed by atoms with Gasteiger partial charge in [0, 0.05) is 73.1 Å². The molecule has 180 valence electrons. The number of hydrogen-bond donors (Lipinski definition) is 6. The van der Waals surface area contributed by atoms with Crippen LogP contribution in [0.3, 0.4) is 0 Å². The molecule has 0 amide bonds. The molecule has 3 atom stereocenters. The van der Waals surface area contributed by atoms with Gasteiger partial charge in [-0.1, -0.05) is 0 Å². The molecule has 34 heavy (non-hydrogen) atoms. The van der Waals surface area contributed by atoms with Crippen molar-refractivity contribution in [3.05, 3.63) is 54.7 Å². The van der Waals surface area contributed by atoms with Gasteiger partial charge in [-0.25, -0.2) is 15.0 Å². The number of aromatic nitrogens is 6. The van der Waals surface area contributed by atoms with E-state index in [1.807, 2.05) is 0 Å². The molecule has 0 aliphatic heterocycles. The molecule has 15 nitrogen and oxygen atoms in total. The average molecular weight is 489 g/mol. The number of carbonyl (C=O) groups excluding carboxylic acids is 3. The Kier molecular flexibility index (Phi) is 14.4. The van der Waals surface area contributed by atoms with Crippen molar-refractivity contribution in [3.8, 4) is 0 Å². The molecule has 0 bridgehead atoms. The van der Waals surface area contributed by atoms with Crippen LogP contribution in [0.5, 0.6) is 0 Å². The number of imidazole rings is 3. The van der Waals surface area contributed by atoms with Crippen molar-refractivity contribution in [1.29, 1.82) is 0 Å². The van der Waals surface area contributed by atoms with Crippen LogP contribution < -0.4 is 32.5 Å². The summed E-state index contributed by atoms with van der Waals surface area (Å²) in [5.74, 6) is -3.75. The van der Waals surface area contributed by atoms with Gasteiger partial charge in [-0.05, 0) is 0 Å². The maximum absolute atomic E-state index is 10.2. The van der Waals surface area contributed by atoms with Crippen LogP contribution in [0.15, 0.2) is 37.6 Å². The van der Waals surface area contributed by atoms with Crippen molar-refractivity contribution in [1.82, 2.24) is 29.9 Å². The standard InChI is InChI=1S/3C6H9N3O2.Al/c3*7-5(6(10)11)1-4-2-8-3-9-4;/h3*2-3,5H,1,7H2,(H,8,9)(H,10,11);/q;;;+3/p-3/t3*5-;/m000./s1. The first-order chi connectivity index (χ1) is 15.6. The van der Waals surface area contributed by atoms with Crippen LogP contribution in [0, 0.1) is 0 Å².